The molecule has 0 aliphatic rings. The Balaban J connectivity index is 1.85. The van der Waals surface area contributed by atoms with E-state index in [-0.39, 0.29) is 15.8 Å². The predicted molar refractivity (Wildman–Crippen MR) is 88.9 cm³/mol. The number of benzene rings is 2. The van der Waals surface area contributed by atoms with Crippen LogP contribution in [0, 0.1) is 0 Å². The summed E-state index contributed by atoms with van der Waals surface area (Å²) in [6.07, 6.45) is 1.46. The van der Waals surface area contributed by atoms with Gasteiger partial charge in [-0.15, -0.1) is 11.6 Å². The normalized spacial score (nSPS) is 13.0. The van der Waals surface area contributed by atoms with Crippen molar-refractivity contribution in [3.63, 3.8) is 0 Å². The van der Waals surface area contributed by atoms with Crippen molar-refractivity contribution < 1.29 is 9.52 Å². The molecule has 0 bridgehead atoms. The fraction of sp³-hybridized carbons (Fsp3) is 0.0667. The van der Waals surface area contributed by atoms with Gasteiger partial charge in [-0.05, 0) is 24.3 Å². The topological polar surface area (TPSA) is 58.6 Å². The third kappa shape index (κ3) is 3.04. The highest BCUT2D eigenvalue weighted by Crippen LogP contribution is 2.36. The monoisotopic (exact) mass is 354 g/mol. The summed E-state index contributed by atoms with van der Waals surface area (Å²) < 4.78 is 5.56. The number of aliphatic imine (C=N–C) groups is 1. The minimum atomic E-state index is -0.640. The predicted octanol–water partition coefficient (Wildman–Crippen LogP) is 5.52. The lowest BCUT2D eigenvalue weighted by molar-refractivity contribution is 0.476. The van der Waals surface area contributed by atoms with Gasteiger partial charge in [-0.1, -0.05) is 35.3 Å². The number of nitrogens with zero attached hydrogens (tertiary/aromatic N) is 2. The molecule has 0 spiro atoms. The molecule has 1 aromatic heterocycles. The van der Waals surface area contributed by atoms with Crippen molar-refractivity contribution in [2.45, 2.75) is 5.38 Å². The first kappa shape index (κ1) is 15.2. The molecule has 3 aromatic rings. The van der Waals surface area contributed by atoms with Crippen LogP contribution in [0.2, 0.25) is 10.0 Å². The highest BCUT2D eigenvalue weighted by molar-refractivity contribution is 6.37. The summed E-state index contributed by atoms with van der Waals surface area (Å²) >= 11 is 17.9. The fourth-order valence-corrected chi connectivity index (χ4v) is 2.48. The van der Waals surface area contributed by atoms with E-state index in [1.807, 2.05) is 24.3 Å². The first-order valence-corrected chi connectivity index (χ1v) is 7.45. The minimum absolute atomic E-state index is 0.118. The molecule has 1 unspecified atom stereocenters. The number of alkyl halides is 1. The first-order chi connectivity index (χ1) is 10.5. The maximum atomic E-state index is 9.50. The lowest BCUT2D eigenvalue weighted by atomic mass is 10.3. The van der Waals surface area contributed by atoms with Gasteiger partial charge in [-0.2, -0.15) is 0 Å². The Morgan fingerprint density at radius 2 is 1.86 bits per heavy atom. The Bertz CT molecular complexity index is 805. The molecule has 1 heterocycles. The Hall–Kier alpha value is -1.75. The smallest absolute Gasteiger partial charge is 0.219 e. The molecule has 22 heavy (non-hydrogen) atoms. The molecule has 3 rings (SSSR count). The zero-order valence-corrected chi connectivity index (χ0v) is 13.3. The molecule has 0 saturated heterocycles. The van der Waals surface area contributed by atoms with Gasteiger partial charge in [0.2, 0.25) is 5.89 Å². The molecule has 0 aliphatic carbocycles. The number of phenolic OH excluding ortho intramolecular Hbond substituents is 1. The summed E-state index contributed by atoms with van der Waals surface area (Å²) in [4.78, 5) is 8.47. The van der Waals surface area contributed by atoms with Crippen LogP contribution in [0.1, 0.15) is 11.3 Å². The van der Waals surface area contributed by atoms with E-state index in [1.165, 1.54) is 18.3 Å². The average Bonchev–Trinajstić information content (AvgIpc) is 2.94. The number of aromatic nitrogens is 1. The minimum Gasteiger partial charge on any atom is -0.505 e. The zero-order valence-electron chi connectivity index (χ0n) is 11.0. The highest BCUT2D eigenvalue weighted by atomic mass is 35.5. The molecular weight excluding hydrogens is 347 g/mol. The number of rotatable bonds is 3. The number of phenols is 1. The standard InChI is InChI=1S/C15H9Cl3N2O2/c16-9-5-8(6-10(17)14(9)21)19-7-11(18)15-20-12-3-1-2-4-13(12)22-15/h1-7,11,21H. The van der Waals surface area contributed by atoms with E-state index in [4.69, 9.17) is 39.2 Å². The van der Waals surface area contributed by atoms with Gasteiger partial charge in [0, 0.05) is 6.21 Å². The molecule has 7 heteroatoms. The van der Waals surface area contributed by atoms with Gasteiger partial charge < -0.3 is 9.52 Å². The van der Waals surface area contributed by atoms with Crippen molar-refractivity contribution in [3.05, 3.63) is 52.3 Å². The number of aromatic hydroxyl groups is 1. The van der Waals surface area contributed by atoms with Gasteiger partial charge in [0.15, 0.2) is 11.3 Å². The highest BCUT2D eigenvalue weighted by Gasteiger charge is 2.13. The van der Waals surface area contributed by atoms with Gasteiger partial charge >= 0.3 is 0 Å². The number of hydrogen-bond donors (Lipinski definition) is 1. The summed E-state index contributed by atoms with van der Waals surface area (Å²) in [6, 6.07) is 10.3. The third-order valence-electron chi connectivity index (χ3n) is 2.90. The molecule has 1 N–H and O–H groups in total. The van der Waals surface area contributed by atoms with E-state index in [2.05, 4.69) is 9.98 Å². The molecule has 2 aromatic carbocycles. The van der Waals surface area contributed by atoms with E-state index in [0.29, 0.717) is 17.2 Å². The third-order valence-corrected chi connectivity index (χ3v) is 3.78. The van der Waals surface area contributed by atoms with Crippen molar-refractivity contribution in [3.8, 4) is 5.75 Å². The van der Waals surface area contributed by atoms with Crippen molar-refractivity contribution in [2.24, 2.45) is 4.99 Å². The molecule has 0 amide bonds. The van der Waals surface area contributed by atoms with Crippen molar-refractivity contribution in [1.29, 1.82) is 0 Å². The summed E-state index contributed by atoms with van der Waals surface area (Å²) in [5, 5.41) is 9.10. The molecule has 0 aliphatic heterocycles. The molecule has 1 atom stereocenters. The van der Waals surface area contributed by atoms with E-state index in [0.717, 1.165) is 5.52 Å². The Morgan fingerprint density at radius 1 is 1.18 bits per heavy atom. The second-order valence-corrected chi connectivity index (χ2v) is 5.74. The van der Waals surface area contributed by atoms with E-state index >= 15 is 0 Å². The summed E-state index contributed by atoms with van der Waals surface area (Å²) in [5.74, 6) is 0.172. The number of oxazole rings is 1. The Labute approximate surface area is 141 Å². The molecule has 0 saturated carbocycles. The van der Waals surface area contributed by atoms with Crippen LogP contribution in [0.3, 0.4) is 0 Å². The number of halogens is 3. The Morgan fingerprint density at radius 3 is 2.55 bits per heavy atom. The maximum Gasteiger partial charge on any atom is 0.219 e. The number of fused-ring (bicyclic) bond motifs is 1. The second kappa shape index (κ2) is 6.16. The summed E-state index contributed by atoms with van der Waals surface area (Å²) in [5.41, 5.74) is 1.86. The largest absolute Gasteiger partial charge is 0.505 e. The number of hydrogen-bond acceptors (Lipinski definition) is 4. The molecule has 112 valence electrons. The van der Waals surface area contributed by atoms with Gasteiger partial charge in [-0.25, -0.2) is 4.98 Å². The van der Waals surface area contributed by atoms with E-state index in [9.17, 15) is 5.11 Å². The zero-order chi connectivity index (χ0) is 15.7. The van der Waals surface area contributed by atoms with Crippen LogP contribution in [0.25, 0.3) is 11.1 Å². The number of para-hydroxylation sites is 2. The van der Waals surface area contributed by atoms with Crippen molar-refractivity contribution >= 4 is 57.8 Å². The molecule has 0 fully saturated rings. The van der Waals surface area contributed by atoms with Crippen LogP contribution in [0.4, 0.5) is 5.69 Å². The van der Waals surface area contributed by atoms with Crippen LogP contribution in [-0.2, 0) is 0 Å². The van der Waals surface area contributed by atoms with E-state index < -0.39 is 5.38 Å². The molecular formula is C15H9Cl3N2O2. The maximum absolute atomic E-state index is 9.50. The van der Waals surface area contributed by atoms with Crippen LogP contribution in [-0.4, -0.2) is 16.3 Å². The SMILES string of the molecule is Oc1c(Cl)cc(N=CC(Cl)c2nc3ccccc3o2)cc1Cl. The summed E-state index contributed by atoms with van der Waals surface area (Å²) in [6.45, 7) is 0. The van der Waals surface area contributed by atoms with Crippen molar-refractivity contribution in [1.82, 2.24) is 4.98 Å². The van der Waals surface area contributed by atoms with Gasteiger partial charge in [0.25, 0.3) is 0 Å². The van der Waals surface area contributed by atoms with Crippen LogP contribution in [0.5, 0.6) is 5.75 Å². The van der Waals surface area contributed by atoms with Gasteiger partial charge in [-0.3, -0.25) is 4.99 Å². The fourth-order valence-electron chi connectivity index (χ4n) is 1.85. The Kier molecular flexibility index (Phi) is 4.25. The van der Waals surface area contributed by atoms with Gasteiger partial charge in [0.1, 0.15) is 10.9 Å². The lowest BCUT2D eigenvalue weighted by Gasteiger charge is -2.02. The van der Waals surface area contributed by atoms with Crippen LogP contribution >= 0.6 is 34.8 Å². The molecule has 0 radical (unpaired) electrons. The lowest BCUT2D eigenvalue weighted by Crippen LogP contribution is -1.91. The first-order valence-electron chi connectivity index (χ1n) is 6.26. The van der Waals surface area contributed by atoms with Gasteiger partial charge in [0.05, 0.1) is 15.7 Å². The van der Waals surface area contributed by atoms with E-state index in [1.54, 1.807) is 0 Å². The van der Waals surface area contributed by atoms with Crippen LogP contribution in [0.15, 0.2) is 45.8 Å². The van der Waals surface area contributed by atoms with Crippen LogP contribution < -0.4 is 0 Å². The summed E-state index contributed by atoms with van der Waals surface area (Å²) in [7, 11) is 0. The molecule has 4 nitrogen and oxygen atoms in total. The quantitative estimate of drug-likeness (QED) is 0.497. The van der Waals surface area contributed by atoms with Crippen molar-refractivity contribution in [2.75, 3.05) is 0 Å². The average molecular weight is 356 g/mol. The second-order valence-electron chi connectivity index (χ2n) is 4.46.